The lowest BCUT2D eigenvalue weighted by Gasteiger charge is -2.20. The predicted molar refractivity (Wildman–Crippen MR) is 65.7 cm³/mol. The zero-order chi connectivity index (χ0) is 12.1. The quantitative estimate of drug-likeness (QED) is 0.719. The first-order chi connectivity index (χ1) is 6.88. The minimum absolute atomic E-state index is 0.258. The molecule has 15 heavy (non-hydrogen) atoms. The van der Waals surface area contributed by atoms with E-state index in [0.29, 0.717) is 10.9 Å². The molecule has 1 heterocycles. The number of ether oxygens (including phenoxy) is 1. The topological polar surface area (TPSA) is 22.1 Å². The van der Waals surface area contributed by atoms with Crippen molar-refractivity contribution in [2.75, 3.05) is 0 Å². The highest BCUT2D eigenvalue weighted by molar-refractivity contribution is 6.31. The zero-order valence-electron chi connectivity index (χ0n) is 10.4. The first kappa shape index (κ1) is 14.2. The molecule has 0 aliphatic rings. The monoisotopic (exact) mass is 229 g/mol. The van der Waals surface area contributed by atoms with Gasteiger partial charge in [0.25, 0.3) is 0 Å². The highest BCUT2D eigenvalue weighted by Gasteiger charge is 2.14. The van der Waals surface area contributed by atoms with Gasteiger partial charge in [0.1, 0.15) is 10.6 Å². The Kier molecular flexibility index (Phi) is 5.66. The molecule has 0 bridgehead atoms. The minimum Gasteiger partial charge on any atom is -0.471 e. The van der Waals surface area contributed by atoms with E-state index in [1.54, 1.807) is 6.20 Å². The van der Waals surface area contributed by atoms with Gasteiger partial charge in [0.15, 0.2) is 0 Å². The van der Waals surface area contributed by atoms with Crippen molar-refractivity contribution in [1.29, 1.82) is 0 Å². The molecular formula is C12H20ClNO. The fraction of sp³-hybridized carbons (Fsp3) is 0.583. The Labute approximate surface area is 97.6 Å². The maximum Gasteiger partial charge on any atom is 0.233 e. The van der Waals surface area contributed by atoms with Crippen molar-refractivity contribution in [2.24, 2.45) is 0 Å². The van der Waals surface area contributed by atoms with Crippen LogP contribution in [0.2, 0.25) is 5.02 Å². The van der Waals surface area contributed by atoms with Crippen molar-refractivity contribution in [3.05, 3.63) is 22.8 Å². The number of hydrogen-bond acceptors (Lipinski definition) is 2. The summed E-state index contributed by atoms with van der Waals surface area (Å²) in [6.07, 6.45) is 1.74. The van der Waals surface area contributed by atoms with Gasteiger partial charge in [-0.2, -0.15) is 0 Å². The Morgan fingerprint density at radius 3 is 2.20 bits per heavy atom. The van der Waals surface area contributed by atoms with Crippen LogP contribution in [0.3, 0.4) is 0 Å². The van der Waals surface area contributed by atoms with E-state index in [2.05, 4.69) is 4.98 Å². The van der Waals surface area contributed by atoms with Gasteiger partial charge in [-0.15, -0.1) is 0 Å². The fourth-order valence-corrected chi connectivity index (χ4v) is 1.15. The first-order valence-corrected chi connectivity index (χ1v) is 5.57. The van der Waals surface area contributed by atoms with Crippen LogP contribution in [0.15, 0.2) is 12.3 Å². The third kappa shape index (κ3) is 5.63. The van der Waals surface area contributed by atoms with Gasteiger partial charge in [0, 0.05) is 6.20 Å². The van der Waals surface area contributed by atoms with Crippen LogP contribution in [0.1, 0.15) is 40.2 Å². The Bertz CT molecular complexity index is 305. The van der Waals surface area contributed by atoms with E-state index in [-0.39, 0.29) is 5.60 Å². The van der Waals surface area contributed by atoms with Gasteiger partial charge in [0.2, 0.25) is 5.88 Å². The fourth-order valence-electron chi connectivity index (χ4n) is 0.886. The van der Waals surface area contributed by atoms with Crippen LogP contribution in [0.5, 0.6) is 5.88 Å². The lowest BCUT2D eigenvalue weighted by Crippen LogP contribution is -2.23. The Hall–Kier alpha value is -0.760. The van der Waals surface area contributed by atoms with E-state index < -0.39 is 0 Å². The van der Waals surface area contributed by atoms with Crippen LogP contribution in [-0.4, -0.2) is 10.6 Å². The van der Waals surface area contributed by atoms with Crippen LogP contribution >= 0.6 is 11.6 Å². The lowest BCUT2D eigenvalue weighted by molar-refractivity contribution is 0.124. The van der Waals surface area contributed by atoms with Crippen molar-refractivity contribution in [3.63, 3.8) is 0 Å². The molecule has 1 aromatic rings. The molecule has 0 saturated heterocycles. The predicted octanol–water partition coefficient (Wildman–Crippen LogP) is 4.25. The number of hydrogen-bond donors (Lipinski definition) is 0. The van der Waals surface area contributed by atoms with E-state index in [1.165, 1.54) is 0 Å². The lowest BCUT2D eigenvalue weighted by atomic mass is 10.2. The third-order valence-electron chi connectivity index (χ3n) is 1.35. The maximum atomic E-state index is 5.95. The van der Waals surface area contributed by atoms with Crippen LogP contribution < -0.4 is 4.74 Å². The molecule has 3 heteroatoms. The van der Waals surface area contributed by atoms with E-state index in [4.69, 9.17) is 16.3 Å². The molecule has 86 valence electrons. The normalized spacial score (nSPS) is 10.3. The SMILES string of the molecule is CC.Cc1cnc(OC(C)(C)C)c(Cl)c1. The summed E-state index contributed by atoms with van der Waals surface area (Å²) in [5, 5.41) is 0.565. The Morgan fingerprint density at radius 1 is 1.27 bits per heavy atom. The van der Waals surface area contributed by atoms with E-state index in [9.17, 15) is 0 Å². The summed E-state index contributed by atoms with van der Waals surface area (Å²) in [6, 6.07) is 1.84. The molecule has 0 aromatic carbocycles. The molecule has 0 aliphatic heterocycles. The summed E-state index contributed by atoms with van der Waals surface area (Å²) in [6.45, 7) is 11.8. The van der Waals surface area contributed by atoms with E-state index in [1.807, 2.05) is 47.6 Å². The molecular weight excluding hydrogens is 210 g/mol. The van der Waals surface area contributed by atoms with Crippen molar-refractivity contribution in [3.8, 4) is 5.88 Å². The second-order valence-corrected chi connectivity index (χ2v) is 4.42. The van der Waals surface area contributed by atoms with Crippen molar-refractivity contribution < 1.29 is 4.74 Å². The van der Waals surface area contributed by atoms with Crippen LogP contribution in [0, 0.1) is 6.92 Å². The molecule has 0 spiro atoms. The minimum atomic E-state index is -0.258. The van der Waals surface area contributed by atoms with Gasteiger partial charge in [0.05, 0.1) is 0 Å². The first-order valence-electron chi connectivity index (χ1n) is 5.20. The highest BCUT2D eigenvalue weighted by Crippen LogP contribution is 2.25. The Morgan fingerprint density at radius 2 is 1.80 bits per heavy atom. The van der Waals surface area contributed by atoms with Gasteiger partial charge >= 0.3 is 0 Å². The van der Waals surface area contributed by atoms with Crippen molar-refractivity contribution in [2.45, 2.75) is 47.1 Å². The average molecular weight is 230 g/mol. The number of halogens is 1. The summed E-state index contributed by atoms with van der Waals surface area (Å²) < 4.78 is 5.54. The van der Waals surface area contributed by atoms with Gasteiger partial charge in [-0.3, -0.25) is 0 Å². The number of pyridine rings is 1. The second kappa shape index (κ2) is 5.96. The Balaban J connectivity index is 0.000000921. The third-order valence-corrected chi connectivity index (χ3v) is 1.62. The van der Waals surface area contributed by atoms with Crippen LogP contribution in [-0.2, 0) is 0 Å². The molecule has 0 atom stereocenters. The molecule has 0 unspecified atom stereocenters. The number of aryl methyl sites for hydroxylation is 1. The summed E-state index contributed by atoms with van der Waals surface area (Å²) in [5.74, 6) is 0.500. The van der Waals surface area contributed by atoms with E-state index in [0.717, 1.165) is 5.56 Å². The van der Waals surface area contributed by atoms with Gasteiger partial charge < -0.3 is 4.74 Å². The standard InChI is InChI=1S/C10H14ClNO.C2H6/c1-7-5-8(11)9(12-6-7)13-10(2,3)4;1-2/h5-6H,1-4H3;1-2H3. The van der Waals surface area contributed by atoms with E-state index >= 15 is 0 Å². The number of nitrogens with zero attached hydrogens (tertiary/aromatic N) is 1. The molecule has 0 N–H and O–H groups in total. The highest BCUT2D eigenvalue weighted by atomic mass is 35.5. The van der Waals surface area contributed by atoms with Gasteiger partial charge in [-0.25, -0.2) is 4.98 Å². The second-order valence-electron chi connectivity index (χ2n) is 4.01. The zero-order valence-corrected chi connectivity index (χ0v) is 11.1. The molecule has 0 saturated carbocycles. The summed E-state index contributed by atoms with van der Waals surface area (Å²) in [7, 11) is 0. The molecule has 0 fully saturated rings. The average Bonchev–Trinajstić information content (AvgIpc) is 2.12. The number of rotatable bonds is 1. The van der Waals surface area contributed by atoms with Crippen molar-refractivity contribution >= 4 is 11.6 Å². The smallest absolute Gasteiger partial charge is 0.233 e. The molecule has 2 nitrogen and oxygen atoms in total. The van der Waals surface area contributed by atoms with Crippen LogP contribution in [0.25, 0.3) is 0 Å². The molecule has 1 rings (SSSR count). The molecule has 0 amide bonds. The largest absolute Gasteiger partial charge is 0.471 e. The number of aromatic nitrogens is 1. The molecule has 0 radical (unpaired) electrons. The summed E-state index contributed by atoms with van der Waals surface area (Å²) in [4.78, 5) is 4.11. The van der Waals surface area contributed by atoms with Crippen molar-refractivity contribution in [1.82, 2.24) is 4.98 Å². The van der Waals surface area contributed by atoms with Gasteiger partial charge in [-0.1, -0.05) is 25.4 Å². The van der Waals surface area contributed by atoms with Gasteiger partial charge in [-0.05, 0) is 39.3 Å². The summed E-state index contributed by atoms with van der Waals surface area (Å²) >= 11 is 5.95. The maximum absolute atomic E-state index is 5.95. The molecule has 0 aliphatic carbocycles. The summed E-state index contributed by atoms with van der Waals surface area (Å²) in [5.41, 5.74) is 0.776. The van der Waals surface area contributed by atoms with Crippen LogP contribution in [0.4, 0.5) is 0 Å². The molecule has 1 aromatic heterocycles.